The third kappa shape index (κ3) is 4.75. The van der Waals surface area contributed by atoms with E-state index in [9.17, 15) is 18.3 Å². The van der Waals surface area contributed by atoms with Gasteiger partial charge in [0.05, 0.1) is 22.1 Å². The van der Waals surface area contributed by atoms with Crippen molar-refractivity contribution in [3.63, 3.8) is 0 Å². The normalized spacial score (nSPS) is 16.6. The van der Waals surface area contributed by atoms with Gasteiger partial charge < -0.3 is 14.7 Å². The Bertz CT molecular complexity index is 1300. The largest absolute Gasteiger partial charge is 0.444 e. The van der Waals surface area contributed by atoms with Gasteiger partial charge in [-0.3, -0.25) is 0 Å². The molecular formula is C23H27ClN4O5S. The van der Waals surface area contributed by atoms with E-state index in [-0.39, 0.29) is 27.3 Å². The number of aromatic nitrogens is 3. The zero-order valence-corrected chi connectivity index (χ0v) is 20.8. The molecule has 2 aromatic heterocycles. The number of aliphatic hydroxyl groups is 1. The van der Waals surface area contributed by atoms with Gasteiger partial charge in [0.2, 0.25) is 0 Å². The first kappa shape index (κ1) is 24.4. The van der Waals surface area contributed by atoms with E-state index in [2.05, 4.69) is 9.97 Å². The van der Waals surface area contributed by atoms with Crippen LogP contribution in [0.3, 0.4) is 0 Å². The fraction of sp³-hybridized carbons (Fsp3) is 0.435. The fourth-order valence-electron chi connectivity index (χ4n) is 4.10. The van der Waals surface area contributed by atoms with Crippen molar-refractivity contribution in [2.75, 3.05) is 13.1 Å². The Labute approximate surface area is 203 Å². The number of aliphatic hydroxyl groups excluding tert-OH is 1. The molecule has 1 aliphatic rings. The second-order valence-corrected chi connectivity index (χ2v) is 11.4. The minimum absolute atomic E-state index is 0.0652. The van der Waals surface area contributed by atoms with Crippen molar-refractivity contribution in [1.82, 2.24) is 18.8 Å². The van der Waals surface area contributed by atoms with Crippen LogP contribution in [0, 0.1) is 5.92 Å². The number of nitrogens with zero attached hydrogens (tertiary/aromatic N) is 4. The third-order valence-corrected chi connectivity index (χ3v) is 7.79. The Hall–Kier alpha value is -2.69. The quantitative estimate of drug-likeness (QED) is 0.532. The Morgan fingerprint density at radius 3 is 2.44 bits per heavy atom. The molecule has 11 heteroatoms. The van der Waals surface area contributed by atoms with Crippen LogP contribution in [0.4, 0.5) is 4.79 Å². The summed E-state index contributed by atoms with van der Waals surface area (Å²) in [6, 6.07) is 9.48. The van der Waals surface area contributed by atoms with E-state index in [1.807, 2.05) is 0 Å². The number of fused-ring (bicyclic) bond motifs is 1. The molecule has 0 aliphatic carbocycles. The molecule has 1 unspecified atom stereocenters. The van der Waals surface area contributed by atoms with Gasteiger partial charge in [-0.25, -0.2) is 27.2 Å². The van der Waals surface area contributed by atoms with Crippen molar-refractivity contribution in [1.29, 1.82) is 0 Å². The van der Waals surface area contributed by atoms with E-state index in [4.69, 9.17) is 16.3 Å². The molecule has 0 saturated carbocycles. The van der Waals surface area contributed by atoms with Crippen molar-refractivity contribution in [2.24, 2.45) is 5.92 Å². The number of carbonyl (C=O) groups excluding carboxylic acids is 1. The summed E-state index contributed by atoms with van der Waals surface area (Å²) < 4.78 is 33.6. The first-order chi connectivity index (χ1) is 16.0. The number of hydrogen-bond donors (Lipinski definition) is 1. The standard InChI is InChI=1S/C23H27ClN4O5S/c1-23(2,3)33-22(30)27-11-9-15(10-12-27)19(29)18-13-17-20(24)25-14-26-21(17)28(18)34(31,32)16-7-5-4-6-8-16/h4-8,13-15,19,29H,9-12H2,1-3H3. The topological polar surface area (TPSA) is 115 Å². The minimum atomic E-state index is -4.07. The van der Waals surface area contributed by atoms with E-state index >= 15 is 0 Å². The van der Waals surface area contributed by atoms with Crippen LogP contribution >= 0.6 is 11.6 Å². The summed E-state index contributed by atoms with van der Waals surface area (Å²) in [6.07, 6.45) is 0.629. The Kier molecular flexibility index (Phi) is 6.58. The number of halogens is 1. The number of benzene rings is 1. The van der Waals surface area contributed by atoms with E-state index in [0.717, 1.165) is 3.97 Å². The first-order valence-corrected chi connectivity index (χ1v) is 12.8. The summed E-state index contributed by atoms with van der Waals surface area (Å²) in [5, 5.41) is 11.8. The highest BCUT2D eigenvalue weighted by Crippen LogP contribution is 2.37. The maximum atomic E-state index is 13.6. The van der Waals surface area contributed by atoms with Crippen molar-refractivity contribution in [2.45, 2.75) is 50.2 Å². The lowest BCUT2D eigenvalue weighted by atomic mass is 9.90. The molecule has 9 nitrogen and oxygen atoms in total. The molecule has 1 aliphatic heterocycles. The lowest BCUT2D eigenvalue weighted by Gasteiger charge is -2.35. The van der Waals surface area contributed by atoms with Gasteiger partial charge in [0, 0.05) is 13.1 Å². The zero-order chi connectivity index (χ0) is 24.7. The Morgan fingerprint density at radius 2 is 1.82 bits per heavy atom. The molecule has 4 rings (SSSR count). The van der Waals surface area contributed by atoms with Crippen LogP contribution in [-0.2, 0) is 14.8 Å². The SMILES string of the molecule is CC(C)(C)OC(=O)N1CCC(C(O)c2cc3c(Cl)ncnc3n2S(=O)(=O)c2ccccc2)CC1. The molecule has 1 N–H and O–H groups in total. The van der Waals surface area contributed by atoms with Gasteiger partial charge in [-0.2, -0.15) is 0 Å². The zero-order valence-electron chi connectivity index (χ0n) is 19.2. The summed E-state index contributed by atoms with van der Waals surface area (Å²) in [5.41, 5.74) is -0.332. The van der Waals surface area contributed by atoms with E-state index in [0.29, 0.717) is 31.3 Å². The number of likely N-dealkylation sites (tertiary alicyclic amines) is 1. The molecule has 1 atom stereocenters. The highest BCUT2D eigenvalue weighted by molar-refractivity contribution is 7.90. The van der Waals surface area contributed by atoms with Crippen LogP contribution in [0.25, 0.3) is 11.0 Å². The first-order valence-electron chi connectivity index (χ1n) is 11.0. The molecule has 3 aromatic rings. The predicted octanol–water partition coefficient (Wildman–Crippen LogP) is 4.00. The molecule has 34 heavy (non-hydrogen) atoms. The molecule has 1 saturated heterocycles. The van der Waals surface area contributed by atoms with Gasteiger partial charge in [-0.1, -0.05) is 29.8 Å². The lowest BCUT2D eigenvalue weighted by molar-refractivity contribution is 0.00711. The van der Waals surface area contributed by atoms with Gasteiger partial charge >= 0.3 is 6.09 Å². The van der Waals surface area contributed by atoms with Crippen LogP contribution < -0.4 is 0 Å². The average molecular weight is 507 g/mol. The van der Waals surface area contributed by atoms with Gasteiger partial charge in [0.15, 0.2) is 5.65 Å². The van der Waals surface area contributed by atoms with Gasteiger partial charge in [0.1, 0.15) is 17.1 Å². The number of hydrogen-bond acceptors (Lipinski definition) is 7. The Balaban J connectivity index is 1.67. The maximum Gasteiger partial charge on any atom is 0.410 e. The van der Waals surface area contributed by atoms with Gasteiger partial charge in [0.25, 0.3) is 10.0 Å². The molecule has 1 fully saturated rings. The fourth-order valence-corrected chi connectivity index (χ4v) is 5.81. The number of ether oxygens (including phenoxy) is 1. The molecule has 182 valence electrons. The molecule has 1 amide bonds. The molecule has 3 heterocycles. The summed E-state index contributed by atoms with van der Waals surface area (Å²) in [6.45, 7) is 6.20. The highest BCUT2D eigenvalue weighted by Gasteiger charge is 2.35. The molecule has 0 bridgehead atoms. The average Bonchev–Trinajstić information content (AvgIpc) is 3.20. The van der Waals surface area contributed by atoms with Gasteiger partial charge in [-0.05, 0) is 57.7 Å². The third-order valence-electron chi connectivity index (χ3n) is 5.76. The van der Waals surface area contributed by atoms with Crippen LogP contribution in [0.15, 0.2) is 47.6 Å². The van der Waals surface area contributed by atoms with Crippen LogP contribution in [0.1, 0.15) is 45.4 Å². The van der Waals surface area contributed by atoms with Crippen molar-refractivity contribution in [3.05, 3.63) is 53.6 Å². The highest BCUT2D eigenvalue weighted by atomic mass is 35.5. The summed E-state index contributed by atoms with van der Waals surface area (Å²) >= 11 is 6.24. The lowest BCUT2D eigenvalue weighted by Crippen LogP contribution is -2.42. The monoisotopic (exact) mass is 506 g/mol. The van der Waals surface area contributed by atoms with E-state index < -0.39 is 27.8 Å². The summed E-state index contributed by atoms with van der Waals surface area (Å²) in [4.78, 5) is 22.2. The second-order valence-electron chi connectivity index (χ2n) is 9.30. The number of piperidine rings is 1. The van der Waals surface area contributed by atoms with Crippen LogP contribution in [-0.4, -0.2) is 57.1 Å². The number of rotatable bonds is 4. The number of amides is 1. The maximum absolute atomic E-state index is 13.6. The molecule has 0 spiro atoms. The minimum Gasteiger partial charge on any atom is -0.444 e. The van der Waals surface area contributed by atoms with Crippen LogP contribution in [0.5, 0.6) is 0 Å². The molecule has 1 aromatic carbocycles. The van der Waals surface area contributed by atoms with E-state index in [1.54, 1.807) is 43.9 Å². The summed E-state index contributed by atoms with van der Waals surface area (Å²) in [5.74, 6) is -0.278. The van der Waals surface area contributed by atoms with Crippen LogP contribution in [0.2, 0.25) is 5.15 Å². The smallest absolute Gasteiger partial charge is 0.410 e. The number of carbonyl (C=O) groups is 1. The molecular weight excluding hydrogens is 480 g/mol. The predicted molar refractivity (Wildman–Crippen MR) is 127 cm³/mol. The van der Waals surface area contributed by atoms with E-state index in [1.165, 1.54) is 24.5 Å². The molecule has 0 radical (unpaired) electrons. The second kappa shape index (κ2) is 9.16. The Morgan fingerprint density at radius 1 is 1.18 bits per heavy atom. The summed E-state index contributed by atoms with van der Waals surface area (Å²) in [7, 11) is -4.07. The van der Waals surface area contributed by atoms with Crippen molar-refractivity contribution in [3.8, 4) is 0 Å². The van der Waals surface area contributed by atoms with Crippen molar-refractivity contribution < 1.29 is 23.1 Å². The van der Waals surface area contributed by atoms with Crippen molar-refractivity contribution >= 4 is 38.8 Å². The van der Waals surface area contributed by atoms with Gasteiger partial charge in [-0.15, -0.1) is 0 Å².